The number of Topliss-reactive ketones (excluding diaryl/α,β-unsaturated/α-hetero) is 1. The van der Waals surface area contributed by atoms with E-state index in [1.54, 1.807) is 6.92 Å². The van der Waals surface area contributed by atoms with Crippen molar-refractivity contribution in [3.05, 3.63) is 0 Å². The molecule has 0 atom stereocenters. The van der Waals surface area contributed by atoms with Crippen LogP contribution in [-0.2, 0) is 14.4 Å². The summed E-state index contributed by atoms with van der Waals surface area (Å²) in [5.41, 5.74) is 0. The molecular formula is C10H15NO3. The van der Waals surface area contributed by atoms with E-state index in [0.717, 1.165) is 4.90 Å². The van der Waals surface area contributed by atoms with Gasteiger partial charge in [-0.15, -0.1) is 0 Å². The smallest absolute Gasteiger partial charge is 0.229 e. The first kappa shape index (κ1) is 10.9. The summed E-state index contributed by atoms with van der Waals surface area (Å²) in [7, 11) is 0. The quantitative estimate of drug-likeness (QED) is 0.627. The highest BCUT2D eigenvalue weighted by Gasteiger charge is 2.30. The van der Waals surface area contributed by atoms with Crippen LogP contribution >= 0.6 is 0 Å². The van der Waals surface area contributed by atoms with Crippen LogP contribution in [0.1, 0.15) is 33.1 Å². The summed E-state index contributed by atoms with van der Waals surface area (Å²) in [6.45, 7) is 3.56. The van der Waals surface area contributed by atoms with Gasteiger partial charge in [0.05, 0.1) is 6.54 Å². The Morgan fingerprint density at radius 3 is 2.29 bits per heavy atom. The molecule has 0 spiro atoms. The van der Waals surface area contributed by atoms with E-state index in [1.165, 1.54) is 0 Å². The molecule has 78 valence electrons. The second kappa shape index (κ2) is 4.35. The van der Waals surface area contributed by atoms with Crippen LogP contribution in [0.3, 0.4) is 0 Å². The van der Waals surface area contributed by atoms with E-state index in [2.05, 4.69) is 0 Å². The highest BCUT2D eigenvalue weighted by atomic mass is 16.2. The van der Waals surface area contributed by atoms with Gasteiger partial charge < -0.3 is 0 Å². The third-order valence-corrected chi connectivity index (χ3v) is 2.38. The number of hydrogen-bond donors (Lipinski definition) is 0. The second-order valence-electron chi connectivity index (χ2n) is 3.78. The number of nitrogens with zero attached hydrogens (tertiary/aromatic N) is 1. The van der Waals surface area contributed by atoms with E-state index in [-0.39, 0.29) is 30.1 Å². The van der Waals surface area contributed by atoms with Gasteiger partial charge in [0.2, 0.25) is 11.8 Å². The molecule has 0 unspecified atom stereocenters. The minimum Gasteiger partial charge on any atom is -0.298 e. The first-order valence-electron chi connectivity index (χ1n) is 4.89. The van der Waals surface area contributed by atoms with Gasteiger partial charge in [-0.1, -0.05) is 13.8 Å². The molecule has 0 radical (unpaired) electrons. The van der Waals surface area contributed by atoms with Crippen molar-refractivity contribution in [2.45, 2.75) is 33.1 Å². The van der Waals surface area contributed by atoms with E-state index in [4.69, 9.17) is 0 Å². The van der Waals surface area contributed by atoms with Gasteiger partial charge in [-0.05, 0) is 5.92 Å². The van der Waals surface area contributed by atoms with Gasteiger partial charge in [-0.2, -0.15) is 0 Å². The number of imide groups is 1. The highest BCUT2D eigenvalue weighted by Crippen LogP contribution is 2.18. The van der Waals surface area contributed by atoms with Crippen LogP contribution in [0, 0.1) is 5.92 Å². The predicted molar refractivity (Wildman–Crippen MR) is 50.4 cm³/mol. The van der Waals surface area contributed by atoms with Crippen molar-refractivity contribution in [3.8, 4) is 0 Å². The summed E-state index contributed by atoms with van der Waals surface area (Å²) >= 11 is 0. The number of rotatable bonds is 3. The van der Waals surface area contributed by atoms with Crippen LogP contribution in [0.5, 0.6) is 0 Å². The van der Waals surface area contributed by atoms with Crippen molar-refractivity contribution in [1.29, 1.82) is 0 Å². The van der Waals surface area contributed by atoms with Gasteiger partial charge in [0.1, 0.15) is 0 Å². The van der Waals surface area contributed by atoms with Crippen LogP contribution in [0.25, 0.3) is 0 Å². The van der Waals surface area contributed by atoms with Crippen molar-refractivity contribution in [1.82, 2.24) is 4.90 Å². The van der Waals surface area contributed by atoms with E-state index >= 15 is 0 Å². The molecule has 0 bridgehead atoms. The third kappa shape index (κ3) is 2.40. The summed E-state index contributed by atoms with van der Waals surface area (Å²) in [6, 6.07) is 0. The molecule has 0 aromatic rings. The lowest BCUT2D eigenvalue weighted by molar-refractivity contribution is -0.152. The van der Waals surface area contributed by atoms with Crippen LogP contribution in [0.2, 0.25) is 0 Å². The van der Waals surface area contributed by atoms with Crippen molar-refractivity contribution >= 4 is 17.6 Å². The first-order chi connectivity index (χ1) is 6.54. The maximum absolute atomic E-state index is 11.4. The molecule has 0 aromatic heterocycles. The largest absolute Gasteiger partial charge is 0.298 e. The van der Waals surface area contributed by atoms with Gasteiger partial charge in [0, 0.05) is 19.3 Å². The Bertz CT molecular complexity index is 255. The molecule has 4 nitrogen and oxygen atoms in total. The van der Waals surface area contributed by atoms with Crippen LogP contribution in [-0.4, -0.2) is 29.0 Å². The zero-order valence-corrected chi connectivity index (χ0v) is 8.58. The average Bonchev–Trinajstić information content (AvgIpc) is 2.10. The van der Waals surface area contributed by atoms with Crippen LogP contribution in [0.4, 0.5) is 0 Å². The Labute approximate surface area is 83.3 Å². The Morgan fingerprint density at radius 1 is 1.36 bits per heavy atom. The SMILES string of the molecule is CCC(=O)CN1C(=O)CC(C)CC1=O. The molecule has 1 heterocycles. The van der Waals surface area contributed by atoms with Crippen molar-refractivity contribution < 1.29 is 14.4 Å². The Hall–Kier alpha value is -1.19. The molecule has 0 N–H and O–H groups in total. The summed E-state index contributed by atoms with van der Waals surface area (Å²) in [4.78, 5) is 35.0. The minimum atomic E-state index is -0.212. The van der Waals surface area contributed by atoms with E-state index in [9.17, 15) is 14.4 Å². The number of likely N-dealkylation sites (tertiary alicyclic amines) is 1. The molecule has 1 aliphatic rings. The van der Waals surface area contributed by atoms with E-state index < -0.39 is 0 Å². The Balaban J connectivity index is 2.63. The molecule has 0 saturated carbocycles. The highest BCUT2D eigenvalue weighted by molar-refractivity contribution is 6.01. The van der Waals surface area contributed by atoms with E-state index in [1.807, 2.05) is 6.92 Å². The number of hydrogen-bond acceptors (Lipinski definition) is 3. The molecule has 4 heteroatoms. The lowest BCUT2D eigenvalue weighted by Gasteiger charge is -2.27. The molecule has 2 amide bonds. The van der Waals surface area contributed by atoms with Crippen molar-refractivity contribution in [3.63, 3.8) is 0 Å². The zero-order chi connectivity index (χ0) is 10.7. The number of piperidine rings is 1. The summed E-state index contributed by atoms with van der Waals surface area (Å²) in [5, 5.41) is 0. The molecule has 14 heavy (non-hydrogen) atoms. The topological polar surface area (TPSA) is 54.5 Å². The molecule has 0 aromatic carbocycles. The normalized spacial score (nSPS) is 18.9. The van der Waals surface area contributed by atoms with Gasteiger partial charge >= 0.3 is 0 Å². The maximum Gasteiger partial charge on any atom is 0.229 e. The third-order valence-electron chi connectivity index (χ3n) is 2.38. The monoisotopic (exact) mass is 197 g/mol. The fourth-order valence-corrected chi connectivity index (χ4v) is 1.49. The molecule has 1 aliphatic heterocycles. The fourth-order valence-electron chi connectivity index (χ4n) is 1.49. The first-order valence-corrected chi connectivity index (χ1v) is 4.89. The van der Waals surface area contributed by atoms with Gasteiger partial charge in [-0.3, -0.25) is 19.3 Å². The van der Waals surface area contributed by atoms with Gasteiger partial charge in [-0.25, -0.2) is 0 Å². The molecule has 0 aliphatic carbocycles. The number of amides is 2. The van der Waals surface area contributed by atoms with Crippen LogP contribution < -0.4 is 0 Å². The van der Waals surface area contributed by atoms with Crippen LogP contribution in [0.15, 0.2) is 0 Å². The lowest BCUT2D eigenvalue weighted by Crippen LogP contribution is -2.45. The molecule has 1 saturated heterocycles. The summed E-state index contributed by atoms with van der Waals surface area (Å²) in [6.07, 6.45) is 1.12. The van der Waals surface area contributed by atoms with Crippen molar-refractivity contribution in [2.75, 3.05) is 6.54 Å². The maximum atomic E-state index is 11.4. The van der Waals surface area contributed by atoms with E-state index in [0.29, 0.717) is 19.3 Å². The Morgan fingerprint density at radius 2 is 1.86 bits per heavy atom. The minimum absolute atomic E-state index is 0.0408. The predicted octanol–water partition coefficient (Wildman–Crippen LogP) is 0.751. The van der Waals surface area contributed by atoms with Gasteiger partial charge in [0.25, 0.3) is 0 Å². The standard InChI is InChI=1S/C10H15NO3/c1-3-8(12)6-11-9(13)4-7(2)5-10(11)14/h7H,3-6H2,1-2H3. The van der Waals surface area contributed by atoms with Gasteiger partial charge in [0.15, 0.2) is 5.78 Å². The summed E-state index contributed by atoms with van der Waals surface area (Å²) < 4.78 is 0. The Kier molecular flexibility index (Phi) is 3.38. The number of carbonyl (C=O) groups excluding carboxylic acids is 3. The number of ketones is 1. The molecular weight excluding hydrogens is 182 g/mol. The van der Waals surface area contributed by atoms with Crippen molar-refractivity contribution in [2.24, 2.45) is 5.92 Å². The second-order valence-corrected chi connectivity index (χ2v) is 3.78. The summed E-state index contributed by atoms with van der Waals surface area (Å²) in [5.74, 6) is -0.379. The average molecular weight is 197 g/mol. The number of carbonyl (C=O) groups is 3. The zero-order valence-electron chi connectivity index (χ0n) is 8.58. The fraction of sp³-hybridized carbons (Fsp3) is 0.700. The lowest BCUT2D eigenvalue weighted by atomic mass is 9.97. The molecule has 1 fully saturated rings. The molecule has 1 rings (SSSR count).